The SMILES string of the molecule is CCCCS(=O)c1cc2nc(-c3ccc(OC)cc3)cc(-c3cn(Cc4cc(OC)ccc4-c4cc(-c5cccn5C)n5nc(C(=O)N6CCCCC6)cc5n4)nc3C)n2n1. The highest BCUT2D eigenvalue weighted by Gasteiger charge is 2.24. The molecule has 1 unspecified atom stereocenters. The first-order valence-corrected chi connectivity index (χ1v) is 22.0. The second-order valence-electron chi connectivity index (χ2n) is 15.4. The number of hydrogen-bond donors (Lipinski definition) is 0. The lowest BCUT2D eigenvalue weighted by Gasteiger charge is -2.25. The number of hydrogen-bond acceptors (Lipinski definition) is 9. The standard InChI is InChI=1S/C46H48N10O4S/c1-6-7-22-61(58)45-27-44-47-37(31-13-15-33(59-4)16-14-31)24-41(55(44)51-45)36-29-54(49-30(36)2)28-32-23-34(60-5)17-18-35(32)38-25-42(40-12-11-19-52(40)3)56-43(48-38)26-39(50-56)46(57)53-20-9-8-10-21-53/h11-19,23-27,29H,6-10,20-22,28H2,1-5H3. The highest BCUT2D eigenvalue weighted by atomic mass is 32.2. The van der Waals surface area contributed by atoms with Gasteiger partial charge in [-0.3, -0.25) is 13.7 Å². The lowest BCUT2D eigenvalue weighted by atomic mass is 10.0. The zero-order valence-corrected chi connectivity index (χ0v) is 35.9. The van der Waals surface area contributed by atoms with Crippen molar-refractivity contribution in [2.24, 2.45) is 7.05 Å². The smallest absolute Gasteiger partial charge is 0.274 e. The van der Waals surface area contributed by atoms with Gasteiger partial charge in [-0.1, -0.05) is 13.3 Å². The average Bonchev–Trinajstić information content (AvgIpc) is 4.11. The van der Waals surface area contributed by atoms with Crippen molar-refractivity contribution in [3.05, 3.63) is 108 Å². The molecule has 15 heteroatoms. The molecule has 8 aromatic rings. The summed E-state index contributed by atoms with van der Waals surface area (Å²) in [5.74, 6) is 1.92. The van der Waals surface area contributed by atoms with Crippen LogP contribution in [0.15, 0.2) is 96.3 Å². The van der Waals surface area contributed by atoms with Crippen LogP contribution in [0, 0.1) is 6.92 Å². The summed E-state index contributed by atoms with van der Waals surface area (Å²) in [7, 11) is 4.03. The Morgan fingerprint density at radius 2 is 1.49 bits per heavy atom. The quantitative estimate of drug-likeness (QED) is 0.114. The molecule has 7 heterocycles. The van der Waals surface area contributed by atoms with Gasteiger partial charge in [-0.25, -0.2) is 19.0 Å². The van der Waals surface area contributed by atoms with Gasteiger partial charge in [-0.05, 0) is 105 Å². The minimum atomic E-state index is -1.26. The van der Waals surface area contributed by atoms with E-state index in [1.807, 2.05) is 113 Å². The van der Waals surface area contributed by atoms with Gasteiger partial charge in [0, 0.05) is 67.1 Å². The number of aromatic nitrogens is 9. The van der Waals surface area contributed by atoms with E-state index < -0.39 is 10.8 Å². The lowest BCUT2D eigenvalue weighted by Crippen LogP contribution is -2.35. The Morgan fingerprint density at radius 1 is 0.770 bits per heavy atom. The van der Waals surface area contributed by atoms with Crippen molar-refractivity contribution in [3.8, 4) is 56.7 Å². The molecular formula is C46H48N10O4S. The lowest BCUT2D eigenvalue weighted by molar-refractivity contribution is 0.0718. The van der Waals surface area contributed by atoms with Gasteiger partial charge in [0.2, 0.25) is 0 Å². The van der Waals surface area contributed by atoms with Crippen LogP contribution in [0.1, 0.15) is 60.8 Å². The van der Waals surface area contributed by atoms with E-state index in [1.165, 1.54) is 0 Å². The number of carbonyl (C=O) groups is 1. The van der Waals surface area contributed by atoms with Crippen molar-refractivity contribution >= 4 is 28.0 Å². The number of fused-ring (bicyclic) bond motifs is 2. The Labute approximate surface area is 356 Å². The molecule has 1 atom stereocenters. The van der Waals surface area contributed by atoms with Crippen LogP contribution in [-0.2, 0) is 24.4 Å². The van der Waals surface area contributed by atoms with E-state index in [9.17, 15) is 9.00 Å². The van der Waals surface area contributed by atoms with Gasteiger partial charge >= 0.3 is 0 Å². The minimum absolute atomic E-state index is 0.0711. The molecule has 6 aromatic heterocycles. The summed E-state index contributed by atoms with van der Waals surface area (Å²) in [4.78, 5) is 25.7. The maximum absolute atomic E-state index is 13.7. The average molecular weight is 837 g/mol. The first-order chi connectivity index (χ1) is 29.7. The molecule has 9 rings (SSSR count). The number of carbonyl (C=O) groups excluding carboxylic acids is 1. The van der Waals surface area contributed by atoms with Crippen LogP contribution in [0.3, 0.4) is 0 Å². The van der Waals surface area contributed by atoms with Crippen LogP contribution in [0.5, 0.6) is 11.5 Å². The maximum atomic E-state index is 13.7. The zero-order chi connectivity index (χ0) is 42.2. The number of likely N-dealkylation sites (tertiary alicyclic amines) is 1. The second kappa shape index (κ2) is 16.8. The predicted molar refractivity (Wildman–Crippen MR) is 235 cm³/mol. The van der Waals surface area contributed by atoms with Crippen molar-refractivity contribution in [1.29, 1.82) is 0 Å². The monoisotopic (exact) mass is 836 g/mol. The highest BCUT2D eigenvalue weighted by molar-refractivity contribution is 7.84. The van der Waals surface area contributed by atoms with Gasteiger partial charge in [0.05, 0.1) is 65.7 Å². The summed E-state index contributed by atoms with van der Waals surface area (Å²) >= 11 is 0. The molecule has 61 heavy (non-hydrogen) atoms. The Bertz CT molecular complexity index is 2920. The molecule has 0 bridgehead atoms. The van der Waals surface area contributed by atoms with Crippen LogP contribution in [0.2, 0.25) is 0 Å². The van der Waals surface area contributed by atoms with E-state index in [-0.39, 0.29) is 5.91 Å². The predicted octanol–water partition coefficient (Wildman–Crippen LogP) is 7.88. The van der Waals surface area contributed by atoms with E-state index in [0.717, 1.165) is 107 Å². The first kappa shape index (κ1) is 39.8. The molecule has 0 aliphatic carbocycles. The topological polar surface area (TPSA) is 139 Å². The molecular weight excluding hydrogens is 789 g/mol. The molecule has 2 aromatic carbocycles. The zero-order valence-electron chi connectivity index (χ0n) is 35.0. The van der Waals surface area contributed by atoms with E-state index in [1.54, 1.807) is 29.3 Å². The number of aryl methyl sites for hydroxylation is 2. The van der Waals surface area contributed by atoms with Crippen molar-refractivity contribution in [2.45, 2.75) is 57.5 Å². The molecule has 1 aliphatic rings. The summed E-state index contributed by atoms with van der Waals surface area (Å²) in [5, 5.41) is 15.2. The summed E-state index contributed by atoms with van der Waals surface area (Å²) in [6, 6.07) is 25.4. The summed E-state index contributed by atoms with van der Waals surface area (Å²) in [5.41, 5.74) is 9.93. The van der Waals surface area contributed by atoms with Gasteiger partial charge in [-0.15, -0.1) is 0 Å². The number of rotatable bonds is 13. The van der Waals surface area contributed by atoms with Gasteiger partial charge in [-0.2, -0.15) is 15.3 Å². The Morgan fingerprint density at radius 3 is 2.23 bits per heavy atom. The fourth-order valence-corrected chi connectivity index (χ4v) is 9.20. The summed E-state index contributed by atoms with van der Waals surface area (Å²) < 4.78 is 32.0. The first-order valence-electron chi connectivity index (χ1n) is 20.7. The maximum Gasteiger partial charge on any atom is 0.274 e. The molecule has 1 aliphatic heterocycles. The largest absolute Gasteiger partial charge is 0.497 e. The number of benzene rings is 2. The molecule has 0 spiro atoms. The number of nitrogens with zero attached hydrogens (tertiary/aromatic N) is 10. The van der Waals surface area contributed by atoms with Crippen molar-refractivity contribution in [2.75, 3.05) is 33.1 Å². The molecule has 0 radical (unpaired) electrons. The van der Waals surface area contributed by atoms with Crippen molar-refractivity contribution in [3.63, 3.8) is 0 Å². The molecule has 312 valence electrons. The highest BCUT2D eigenvalue weighted by Crippen LogP contribution is 2.34. The fourth-order valence-electron chi connectivity index (χ4n) is 8.03. The van der Waals surface area contributed by atoms with Gasteiger partial charge in [0.25, 0.3) is 5.91 Å². The van der Waals surface area contributed by atoms with Crippen LogP contribution in [0.4, 0.5) is 0 Å². The third-order valence-corrected chi connectivity index (χ3v) is 12.7. The number of unbranched alkanes of at least 4 members (excludes halogenated alkanes) is 1. The molecule has 1 amide bonds. The van der Waals surface area contributed by atoms with Crippen LogP contribution in [-0.4, -0.2) is 91.6 Å². The fraction of sp³-hybridized carbons (Fsp3) is 0.304. The summed E-state index contributed by atoms with van der Waals surface area (Å²) in [6.07, 6.45) is 8.92. The number of ether oxygens (including phenoxy) is 2. The van der Waals surface area contributed by atoms with E-state index in [0.29, 0.717) is 40.1 Å². The molecule has 0 saturated carbocycles. The van der Waals surface area contributed by atoms with E-state index >= 15 is 0 Å². The Balaban J connectivity index is 1.13. The third kappa shape index (κ3) is 7.81. The minimum Gasteiger partial charge on any atom is -0.497 e. The van der Waals surface area contributed by atoms with Gasteiger partial charge in [0.15, 0.2) is 22.0 Å². The number of methoxy groups -OCH3 is 2. The normalized spacial score (nSPS) is 13.6. The summed E-state index contributed by atoms with van der Waals surface area (Å²) in [6.45, 7) is 5.93. The molecule has 1 saturated heterocycles. The van der Waals surface area contributed by atoms with Gasteiger partial charge in [0.1, 0.15) is 11.5 Å². The number of piperidine rings is 1. The second-order valence-corrected chi connectivity index (χ2v) is 17.0. The molecule has 1 fully saturated rings. The Hall–Kier alpha value is -6.61. The van der Waals surface area contributed by atoms with Crippen molar-refractivity contribution < 1.29 is 18.5 Å². The van der Waals surface area contributed by atoms with E-state index in [4.69, 9.17) is 34.7 Å². The van der Waals surface area contributed by atoms with Crippen molar-refractivity contribution in [1.82, 2.24) is 48.4 Å². The number of amides is 1. The van der Waals surface area contributed by atoms with Crippen LogP contribution in [0.25, 0.3) is 56.5 Å². The van der Waals surface area contributed by atoms with E-state index in [2.05, 4.69) is 6.92 Å². The molecule has 0 N–H and O–H groups in total. The van der Waals surface area contributed by atoms with Crippen LogP contribution < -0.4 is 9.47 Å². The van der Waals surface area contributed by atoms with Gasteiger partial charge < -0.3 is 18.9 Å². The Kier molecular flexibility index (Phi) is 11.0. The molecule has 14 nitrogen and oxygen atoms in total. The third-order valence-electron chi connectivity index (χ3n) is 11.3. The van der Waals surface area contributed by atoms with Crippen LogP contribution >= 0.6 is 0 Å².